The highest BCUT2D eigenvalue weighted by Crippen LogP contribution is 2.32. The summed E-state index contributed by atoms with van der Waals surface area (Å²) in [5.41, 5.74) is 8.23. The minimum atomic E-state index is -0.394. The summed E-state index contributed by atoms with van der Waals surface area (Å²) in [4.78, 5) is 21.8. The summed E-state index contributed by atoms with van der Waals surface area (Å²) in [5, 5.41) is 14.9. The van der Waals surface area contributed by atoms with Crippen LogP contribution in [0.15, 0.2) is 23.3 Å². The van der Waals surface area contributed by atoms with Gasteiger partial charge in [0.1, 0.15) is 5.65 Å². The van der Waals surface area contributed by atoms with Crippen LogP contribution < -0.4 is 11.3 Å². The number of rotatable bonds is 2. The largest absolute Gasteiger partial charge is 0.393 e. The zero-order valence-electron chi connectivity index (χ0n) is 14.2. The molecule has 0 spiro atoms. The Bertz CT molecular complexity index is 1020. The van der Waals surface area contributed by atoms with Crippen LogP contribution in [0.4, 0.5) is 5.95 Å². The third kappa shape index (κ3) is 2.58. The molecule has 0 amide bonds. The molecule has 1 saturated carbocycles. The molecule has 0 radical (unpaired) electrons. The normalized spacial score (nSPS) is 20.4. The van der Waals surface area contributed by atoms with Gasteiger partial charge in [0, 0.05) is 30.2 Å². The number of anilines is 1. The molecule has 4 rings (SSSR count). The van der Waals surface area contributed by atoms with Gasteiger partial charge < -0.3 is 10.8 Å². The Kier molecular flexibility index (Phi) is 3.57. The van der Waals surface area contributed by atoms with E-state index in [4.69, 9.17) is 5.73 Å². The molecular weight excluding hydrogens is 320 g/mol. The Labute approximate surface area is 143 Å². The van der Waals surface area contributed by atoms with Crippen molar-refractivity contribution in [3.8, 4) is 11.1 Å². The van der Waals surface area contributed by atoms with Crippen LogP contribution in [0, 0.1) is 6.92 Å². The number of aryl methyl sites for hydroxylation is 2. The van der Waals surface area contributed by atoms with E-state index in [1.165, 1.54) is 0 Å². The molecular formula is C17H20N6O2. The lowest BCUT2D eigenvalue weighted by atomic mass is 10.1. The number of pyridine rings is 1. The van der Waals surface area contributed by atoms with Crippen LogP contribution >= 0.6 is 0 Å². The summed E-state index contributed by atoms with van der Waals surface area (Å²) in [6, 6.07) is 1.71. The van der Waals surface area contributed by atoms with E-state index in [1.807, 2.05) is 26.2 Å². The number of aliphatic hydroxyl groups excluding tert-OH is 1. The predicted octanol–water partition coefficient (Wildman–Crippen LogP) is 1.17. The number of nitrogens with two attached hydrogens (primary N) is 1. The first-order valence-corrected chi connectivity index (χ1v) is 8.30. The smallest absolute Gasteiger partial charge is 0.260 e. The average molecular weight is 340 g/mol. The van der Waals surface area contributed by atoms with E-state index in [0.717, 1.165) is 23.1 Å². The van der Waals surface area contributed by atoms with Gasteiger partial charge >= 0.3 is 0 Å². The zero-order valence-corrected chi connectivity index (χ0v) is 14.2. The van der Waals surface area contributed by atoms with Crippen LogP contribution in [0.25, 0.3) is 22.2 Å². The maximum absolute atomic E-state index is 13.3. The van der Waals surface area contributed by atoms with E-state index < -0.39 is 6.10 Å². The Morgan fingerprint density at radius 1 is 1.32 bits per heavy atom. The third-order valence-electron chi connectivity index (χ3n) is 4.86. The molecule has 8 heteroatoms. The van der Waals surface area contributed by atoms with Gasteiger partial charge in [-0.1, -0.05) is 0 Å². The number of fused-ring (bicyclic) bond motifs is 1. The number of nitrogen functional groups attached to an aromatic ring is 1. The molecule has 1 aliphatic carbocycles. The second-order valence-corrected chi connectivity index (χ2v) is 6.66. The van der Waals surface area contributed by atoms with Crippen LogP contribution in [-0.2, 0) is 7.05 Å². The summed E-state index contributed by atoms with van der Waals surface area (Å²) in [6.07, 6.45) is 5.03. The highest BCUT2D eigenvalue weighted by molar-refractivity contribution is 5.84. The average Bonchev–Trinajstić information content (AvgIpc) is 3.15. The topological polar surface area (TPSA) is 112 Å². The summed E-state index contributed by atoms with van der Waals surface area (Å²) in [6.45, 7) is 1.85. The minimum absolute atomic E-state index is 0.102. The Hall–Kier alpha value is -2.74. The van der Waals surface area contributed by atoms with E-state index in [2.05, 4.69) is 15.1 Å². The second-order valence-electron chi connectivity index (χ2n) is 6.66. The molecule has 25 heavy (non-hydrogen) atoms. The molecule has 1 aliphatic rings. The predicted molar refractivity (Wildman–Crippen MR) is 94.0 cm³/mol. The first kappa shape index (κ1) is 15.8. The van der Waals surface area contributed by atoms with E-state index >= 15 is 0 Å². The van der Waals surface area contributed by atoms with Gasteiger partial charge in [-0.3, -0.25) is 14.0 Å². The van der Waals surface area contributed by atoms with Crippen LogP contribution in [0.1, 0.15) is 31.0 Å². The van der Waals surface area contributed by atoms with Crippen molar-refractivity contribution in [1.82, 2.24) is 24.3 Å². The van der Waals surface area contributed by atoms with Crippen LogP contribution in [0.5, 0.6) is 0 Å². The van der Waals surface area contributed by atoms with Crippen molar-refractivity contribution < 1.29 is 5.11 Å². The minimum Gasteiger partial charge on any atom is -0.393 e. The van der Waals surface area contributed by atoms with Gasteiger partial charge in [0.05, 0.1) is 23.6 Å². The molecule has 0 saturated heterocycles. The van der Waals surface area contributed by atoms with Crippen molar-refractivity contribution in [3.05, 3.63) is 34.5 Å². The van der Waals surface area contributed by atoms with E-state index in [1.54, 1.807) is 15.4 Å². The molecule has 8 nitrogen and oxygen atoms in total. The van der Waals surface area contributed by atoms with E-state index in [9.17, 15) is 9.90 Å². The van der Waals surface area contributed by atoms with Crippen LogP contribution in [-0.4, -0.2) is 35.5 Å². The molecule has 3 heterocycles. The highest BCUT2D eigenvalue weighted by Gasteiger charge is 2.28. The molecule has 2 atom stereocenters. The molecule has 0 bridgehead atoms. The standard InChI is InChI=1S/C17H20N6O2/c1-9-13-6-14(10-7-19-22(2)8-10)16(25)23(11-3-4-12(24)5-11)15(13)21-17(18)20-9/h6-8,11-12,24H,3-5H2,1-2H3,(H2,18,20,21)/t11-,12+/m1/s1. The summed E-state index contributed by atoms with van der Waals surface area (Å²) < 4.78 is 3.34. The summed E-state index contributed by atoms with van der Waals surface area (Å²) in [7, 11) is 1.81. The Morgan fingerprint density at radius 2 is 2.12 bits per heavy atom. The quantitative estimate of drug-likeness (QED) is 0.724. The molecule has 1 fully saturated rings. The van der Waals surface area contributed by atoms with Gasteiger partial charge in [-0.15, -0.1) is 0 Å². The third-order valence-corrected chi connectivity index (χ3v) is 4.86. The first-order chi connectivity index (χ1) is 11.9. The van der Waals surface area contributed by atoms with Gasteiger partial charge in [0.2, 0.25) is 5.95 Å². The SMILES string of the molecule is Cc1nc(N)nc2c1cc(-c1cnn(C)c1)c(=O)n2[C@@H]1CC[C@H](O)C1. The van der Waals surface area contributed by atoms with Gasteiger partial charge in [-0.05, 0) is 32.3 Å². The zero-order chi connectivity index (χ0) is 17.7. The van der Waals surface area contributed by atoms with Crippen molar-refractivity contribution in [3.63, 3.8) is 0 Å². The van der Waals surface area contributed by atoms with Crippen molar-refractivity contribution >= 4 is 17.0 Å². The fourth-order valence-corrected chi connectivity index (χ4v) is 3.65. The van der Waals surface area contributed by atoms with Crippen molar-refractivity contribution in [2.45, 2.75) is 38.3 Å². The lowest BCUT2D eigenvalue weighted by Gasteiger charge is -2.18. The van der Waals surface area contributed by atoms with Crippen LogP contribution in [0.3, 0.4) is 0 Å². The van der Waals surface area contributed by atoms with Crippen molar-refractivity contribution in [1.29, 1.82) is 0 Å². The first-order valence-electron chi connectivity index (χ1n) is 8.30. The number of aliphatic hydroxyl groups is 1. The highest BCUT2D eigenvalue weighted by atomic mass is 16.3. The molecule has 3 N–H and O–H groups in total. The number of hydrogen-bond acceptors (Lipinski definition) is 6. The maximum atomic E-state index is 13.3. The monoisotopic (exact) mass is 340 g/mol. The van der Waals surface area contributed by atoms with Gasteiger partial charge in [0.25, 0.3) is 5.56 Å². The molecule has 0 aromatic carbocycles. The van der Waals surface area contributed by atoms with Crippen molar-refractivity contribution in [2.75, 3.05) is 5.73 Å². The molecule has 3 aromatic heterocycles. The number of hydrogen-bond donors (Lipinski definition) is 2. The maximum Gasteiger partial charge on any atom is 0.260 e. The van der Waals surface area contributed by atoms with E-state index in [0.29, 0.717) is 24.1 Å². The Balaban J connectivity index is 2.05. The van der Waals surface area contributed by atoms with E-state index in [-0.39, 0.29) is 17.5 Å². The Morgan fingerprint density at radius 3 is 2.76 bits per heavy atom. The lowest BCUT2D eigenvalue weighted by Crippen LogP contribution is -2.27. The van der Waals surface area contributed by atoms with Crippen molar-refractivity contribution in [2.24, 2.45) is 7.05 Å². The molecule has 130 valence electrons. The van der Waals surface area contributed by atoms with Gasteiger partial charge in [-0.25, -0.2) is 4.98 Å². The second kappa shape index (κ2) is 5.66. The van der Waals surface area contributed by atoms with Gasteiger partial charge in [0.15, 0.2) is 0 Å². The fourth-order valence-electron chi connectivity index (χ4n) is 3.65. The van der Waals surface area contributed by atoms with Gasteiger partial charge in [-0.2, -0.15) is 10.1 Å². The summed E-state index contributed by atoms with van der Waals surface area (Å²) >= 11 is 0. The molecule has 3 aromatic rings. The number of aromatic nitrogens is 5. The summed E-state index contributed by atoms with van der Waals surface area (Å²) in [5.74, 6) is 0.144. The lowest BCUT2D eigenvalue weighted by molar-refractivity contribution is 0.178. The number of nitrogens with zero attached hydrogens (tertiary/aromatic N) is 5. The molecule has 0 aliphatic heterocycles. The van der Waals surface area contributed by atoms with Crippen LogP contribution in [0.2, 0.25) is 0 Å². The fraction of sp³-hybridized carbons (Fsp3) is 0.412. The molecule has 0 unspecified atom stereocenters.